The zero-order valence-corrected chi connectivity index (χ0v) is 9.32. The smallest absolute Gasteiger partial charge is 0.163 e. The highest BCUT2D eigenvalue weighted by Crippen LogP contribution is 2.29. The van der Waals surface area contributed by atoms with Crippen LogP contribution >= 0.6 is 0 Å². The van der Waals surface area contributed by atoms with Gasteiger partial charge in [0.1, 0.15) is 0 Å². The van der Waals surface area contributed by atoms with Crippen molar-refractivity contribution in [3.8, 4) is 0 Å². The first-order valence-electron chi connectivity index (χ1n) is 5.16. The second-order valence-electron chi connectivity index (χ2n) is 4.23. The van der Waals surface area contributed by atoms with Crippen LogP contribution in [-0.2, 0) is 9.47 Å². The lowest BCUT2D eigenvalue weighted by Crippen LogP contribution is -2.33. The lowest BCUT2D eigenvalue weighted by atomic mass is 9.88. The Labute approximate surface area is 86.6 Å². The molecule has 2 heteroatoms. The molecule has 0 radical (unpaired) electrons. The minimum Gasteiger partial charge on any atom is -0.348 e. The Kier molecular flexibility index (Phi) is 4.36. The van der Waals surface area contributed by atoms with Crippen molar-refractivity contribution < 1.29 is 9.47 Å². The Hall–Kier alpha value is -0.600. The van der Waals surface area contributed by atoms with Crippen LogP contribution in [0.15, 0.2) is 24.3 Å². The third kappa shape index (κ3) is 3.28. The van der Waals surface area contributed by atoms with Crippen LogP contribution in [0.5, 0.6) is 0 Å². The zero-order valence-electron chi connectivity index (χ0n) is 9.32. The van der Waals surface area contributed by atoms with Gasteiger partial charge in [-0.2, -0.15) is 0 Å². The third-order valence-corrected chi connectivity index (χ3v) is 2.37. The maximum Gasteiger partial charge on any atom is 0.163 e. The van der Waals surface area contributed by atoms with E-state index in [-0.39, 0.29) is 11.7 Å². The van der Waals surface area contributed by atoms with Crippen molar-refractivity contribution in [1.29, 1.82) is 0 Å². The molecule has 0 saturated carbocycles. The quantitative estimate of drug-likeness (QED) is 0.646. The summed E-state index contributed by atoms with van der Waals surface area (Å²) >= 11 is 0. The van der Waals surface area contributed by atoms with Crippen LogP contribution in [0.25, 0.3) is 0 Å². The van der Waals surface area contributed by atoms with Crippen LogP contribution in [0.2, 0.25) is 0 Å². The number of allylic oxidation sites excluding steroid dienone is 2. The van der Waals surface area contributed by atoms with Gasteiger partial charge in [0.15, 0.2) is 6.29 Å². The van der Waals surface area contributed by atoms with Crippen LogP contribution in [0.1, 0.15) is 27.2 Å². The van der Waals surface area contributed by atoms with Gasteiger partial charge in [0.2, 0.25) is 0 Å². The zero-order chi connectivity index (χ0) is 10.4. The first-order chi connectivity index (χ1) is 6.67. The van der Waals surface area contributed by atoms with Gasteiger partial charge in [0.05, 0.1) is 13.2 Å². The molecular formula is C12H20O2. The minimum atomic E-state index is -0.103. The molecular weight excluding hydrogens is 176 g/mol. The SMILES string of the molecule is CC=CCC(C)(C)C1OCC=CCO1. The lowest BCUT2D eigenvalue weighted by molar-refractivity contribution is -0.182. The Morgan fingerprint density at radius 1 is 1.29 bits per heavy atom. The number of rotatable bonds is 3. The molecule has 0 aromatic rings. The summed E-state index contributed by atoms with van der Waals surface area (Å²) in [6.07, 6.45) is 9.11. The van der Waals surface area contributed by atoms with Gasteiger partial charge < -0.3 is 9.47 Å². The molecule has 1 aliphatic heterocycles. The molecule has 0 N–H and O–H groups in total. The van der Waals surface area contributed by atoms with Crippen molar-refractivity contribution in [1.82, 2.24) is 0 Å². The standard InChI is InChI=1S/C12H20O2/c1-4-5-8-12(2,3)11-13-9-6-7-10-14-11/h4-7,11H,8-10H2,1-3H3. The highest BCUT2D eigenvalue weighted by Gasteiger charge is 2.30. The molecule has 14 heavy (non-hydrogen) atoms. The van der Waals surface area contributed by atoms with Crippen LogP contribution in [-0.4, -0.2) is 19.5 Å². The third-order valence-electron chi connectivity index (χ3n) is 2.37. The molecule has 2 nitrogen and oxygen atoms in total. The van der Waals surface area contributed by atoms with E-state index in [4.69, 9.17) is 9.47 Å². The number of hydrogen-bond donors (Lipinski definition) is 0. The van der Waals surface area contributed by atoms with E-state index in [0.29, 0.717) is 13.2 Å². The predicted octanol–water partition coefficient (Wildman–Crippen LogP) is 2.91. The maximum atomic E-state index is 5.62. The van der Waals surface area contributed by atoms with Gasteiger partial charge in [0.25, 0.3) is 0 Å². The minimum absolute atomic E-state index is 0.0402. The van der Waals surface area contributed by atoms with Crippen LogP contribution in [0, 0.1) is 5.41 Å². The normalized spacial score (nSPS) is 20.2. The molecule has 0 aromatic heterocycles. The molecule has 1 aliphatic rings. The molecule has 0 unspecified atom stereocenters. The average Bonchev–Trinajstić information content (AvgIpc) is 2.43. The Morgan fingerprint density at radius 3 is 2.36 bits per heavy atom. The van der Waals surface area contributed by atoms with E-state index >= 15 is 0 Å². The number of ether oxygens (including phenoxy) is 2. The van der Waals surface area contributed by atoms with Gasteiger partial charge in [0, 0.05) is 5.41 Å². The summed E-state index contributed by atoms with van der Waals surface area (Å²) in [5.74, 6) is 0. The maximum absolute atomic E-state index is 5.62. The van der Waals surface area contributed by atoms with Crippen molar-refractivity contribution in [3.63, 3.8) is 0 Å². The Morgan fingerprint density at radius 2 is 1.86 bits per heavy atom. The fourth-order valence-corrected chi connectivity index (χ4v) is 1.44. The second-order valence-corrected chi connectivity index (χ2v) is 4.23. The van der Waals surface area contributed by atoms with Gasteiger partial charge in [-0.1, -0.05) is 38.2 Å². The molecule has 0 aromatic carbocycles. The van der Waals surface area contributed by atoms with E-state index < -0.39 is 0 Å². The van der Waals surface area contributed by atoms with Gasteiger partial charge in [-0.15, -0.1) is 0 Å². The Balaban J connectivity index is 2.52. The van der Waals surface area contributed by atoms with E-state index in [9.17, 15) is 0 Å². The van der Waals surface area contributed by atoms with E-state index in [1.165, 1.54) is 0 Å². The van der Waals surface area contributed by atoms with Gasteiger partial charge in [-0.3, -0.25) is 0 Å². The van der Waals surface area contributed by atoms with Crippen LogP contribution in [0.4, 0.5) is 0 Å². The topological polar surface area (TPSA) is 18.5 Å². The first-order valence-corrected chi connectivity index (χ1v) is 5.16. The monoisotopic (exact) mass is 196 g/mol. The fourth-order valence-electron chi connectivity index (χ4n) is 1.44. The second kappa shape index (κ2) is 5.32. The highest BCUT2D eigenvalue weighted by atomic mass is 16.7. The molecule has 0 atom stereocenters. The van der Waals surface area contributed by atoms with E-state index in [2.05, 4.69) is 26.0 Å². The van der Waals surface area contributed by atoms with Crippen LogP contribution < -0.4 is 0 Å². The van der Waals surface area contributed by atoms with Crippen molar-refractivity contribution in [3.05, 3.63) is 24.3 Å². The summed E-state index contributed by atoms with van der Waals surface area (Å²) in [6.45, 7) is 7.69. The summed E-state index contributed by atoms with van der Waals surface area (Å²) in [6, 6.07) is 0. The molecule has 0 fully saturated rings. The van der Waals surface area contributed by atoms with Crippen molar-refractivity contribution in [2.75, 3.05) is 13.2 Å². The summed E-state index contributed by atoms with van der Waals surface area (Å²) in [5.41, 5.74) is 0.0402. The Bertz CT molecular complexity index is 206. The first kappa shape index (κ1) is 11.5. The van der Waals surface area contributed by atoms with Gasteiger partial charge in [-0.25, -0.2) is 0 Å². The molecule has 80 valence electrons. The summed E-state index contributed by atoms with van der Waals surface area (Å²) in [4.78, 5) is 0. The molecule has 0 bridgehead atoms. The fraction of sp³-hybridized carbons (Fsp3) is 0.667. The van der Waals surface area contributed by atoms with E-state index in [1.54, 1.807) is 0 Å². The van der Waals surface area contributed by atoms with E-state index in [0.717, 1.165) is 6.42 Å². The molecule has 1 rings (SSSR count). The largest absolute Gasteiger partial charge is 0.348 e. The van der Waals surface area contributed by atoms with Gasteiger partial charge in [-0.05, 0) is 13.3 Å². The lowest BCUT2D eigenvalue weighted by Gasteiger charge is -2.31. The molecule has 1 heterocycles. The highest BCUT2D eigenvalue weighted by molar-refractivity contribution is 4.90. The predicted molar refractivity (Wildman–Crippen MR) is 58.0 cm³/mol. The van der Waals surface area contributed by atoms with Gasteiger partial charge >= 0.3 is 0 Å². The molecule has 0 saturated heterocycles. The van der Waals surface area contributed by atoms with Crippen LogP contribution in [0.3, 0.4) is 0 Å². The summed E-state index contributed by atoms with van der Waals surface area (Å²) in [5, 5.41) is 0. The van der Waals surface area contributed by atoms with Crippen molar-refractivity contribution in [2.45, 2.75) is 33.5 Å². The van der Waals surface area contributed by atoms with Crippen molar-refractivity contribution in [2.24, 2.45) is 5.41 Å². The molecule has 0 spiro atoms. The van der Waals surface area contributed by atoms with E-state index in [1.807, 2.05) is 19.1 Å². The summed E-state index contributed by atoms with van der Waals surface area (Å²) < 4.78 is 11.2. The average molecular weight is 196 g/mol. The van der Waals surface area contributed by atoms with Crippen molar-refractivity contribution >= 4 is 0 Å². The number of hydrogen-bond acceptors (Lipinski definition) is 2. The molecule has 0 aliphatic carbocycles. The molecule has 0 amide bonds. The summed E-state index contributed by atoms with van der Waals surface area (Å²) in [7, 11) is 0.